The summed E-state index contributed by atoms with van der Waals surface area (Å²) in [5.41, 5.74) is 2.64. The summed E-state index contributed by atoms with van der Waals surface area (Å²) in [6.07, 6.45) is 2.02. The zero-order chi connectivity index (χ0) is 19.7. The van der Waals surface area contributed by atoms with Gasteiger partial charge in [-0.05, 0) is 43.2 Å². The van der Waals surface area contributed by atoms with E-state index in [1.54, 1.807) is 7.11 Å². The van der Waals surface area contributed by atoms with Gasteiger partial charge in [0.1, 0.15) is 22.8 Å². The van der Waals surface area contributed by atoms with Crippen LogP contribution < -0.4 is 9.47 Å². The molecule has 28 heavy (non-hydrogen) atoms. The number of Topliss-reactive ketones (excluding diaryl/α,β-unsaturated/α-hetero) is 1. The van der Waals surface area contributed by atoms with E-state index in [1.807, 2.05) is 48.5 Å². The minimum atomic E-state index is -0.391. The van der Waals surface area contributed by atoms with E-state index >= 15 is 0 Å². The quantitative estimate of drug-likeness (QED) is 0.584. The maximum atomic E-state index is 12.8. The fraction of sp³-hybridized carbons (Fsp3) is 0.304. The molecule has 144 valence electrons. The molecular weight excluding hydrogens is 354 g/mol. The lowest BCUT2D eigenvalue weighted by Crippen LogP contribution is -2.40. The summed E-state index contributed by atoms with van der Waals surface area (Å²) in [7, 11) is 1.63. The average Bonchev–Trinajstić information content (AvgIpc) is 3.24. The second-order valence-electron chi connectivity index (χ2n) is 7.11. The summed E-state index contributed by atoms with van der Waals surface area (Å²) in [5, 5.41) is 4.17. The highest BCUT2D eigenvalue weighted by atomic mass is 16.5. The van der Waals surface area contributed by atoms with E-state index in [-0.39, 0.29) is 5.78 Å². The zero-order valence-electron chi connectivity index (χ0n) is 16.3. The number of ketones is 1. The molecule has 0 radical (unpaired) electrons. The SMILES string of the molecule is CCC1(CC)CC(=O)c2cc(-c3cc(-c4cccc(OC)c4)no3)ccc2O1. The Hall–Kier alpha value is -3.08. The van der Waals surface area contributed by atoms with Crippen molar-refractivity contribution in [3.8, 4) is 34.1 Å². The van der Waals surface area contributed by atoms with Crippen LogP contribution in [0.25, 0.3) is 22.6 Å². The number of hydrogen-bond acceptors (Lipinski definition) is 5. The molecule has 5 heteroatoms. The predicted octanol–water partition coefficient (Wildman–Crippen LogP) is 5.54. The maximum Gasteiger partial charge on any atom is 0.170 e. The lowest BCUT2D eigenvalue weighted by Gasteiger charge is -2.36. The summed E-state index contributed by atoms with van der Waals surface area (Å²) in [4.78, 5) is 12.8. The van der Waals surface area contributed by atoms with Gasteiger partial charge in [0, 0.05) is 17.2 Å². The number of rotatable bonds is 5. The molecule has 1 aliphatic rings. The Bertz CT molecular complexity index is 1020. The molecule has 2 aromatic carbocycles. The molecule has 0 saturated heterocycles. The standard InChI is InChI=1S/C23H23NO4/c1-4-23(5-2)14-20(25)18-12-16(9-10-21(18)27-23)22-13-19(24-28-22)15-7-6-8-17(11-15)26-3/h6-13H,4-5,14H2,1-3H3. The Morgan fingerprint density at radius 3 is 2.64 bits per heavy atom. The molecular formula is C23H23NO4. The van der Waals surface area contributed by atoms with E-state index in [9.17, 15) is 4.79 Å². The third-order valence-electron chi connectivity index (χ3n) is 5.54. The highest BCUT2D eigenvalue weighted by Gasteiger charge is 2.37. The Morgan fingerprint density at radius 2 is 1.89 bits per heavy atom. The first-order valence-corrected chi connectivity index (χ1v) is 9.55. The fourth-order valence-electron chi connectivity index (χ4n) is 3.62. The van der Waals surface area contributed by atoms with Gasteiger partial charge in [-0.2, -0.15) is 0 Å². The minimum absolute atomic E-state index is 0.110. The van der Waals surface area contributed by atoms with Gasteiger partial charge in [0.15, 0.2) is 11.5 Å². The molecule has 2 heterocycles. The van der Waals surface area contributed by atoms with Gasteiger partial charge in [-0.1, -0.05) is 31.1 Å². The Morgan fingerprint density at radius 1 is 1.07 bits per heavy atom. The van der Waals surface area contributed by atoms with E-state index in [2.05, 4.69) is 19.0 Å². The van der Waals surface area contributed by atoms with Gasteiger partial charge in [-0.25, -0.2) is 0 Å². The monoisotopic (exact) mass is 377 g/mol. The van der Waals surface area contributed by atoms with Gasteiger partial charge >= 0.3 is 0 Å². The Kier molecular flexibility index (Phi) is 4.67. The number of nitrogens with zero attached hydrogens (tertiary/aromatic N) is 1. The van der Waals surface area contributed by atoms with Crippen LogP contribution in [0.4, 0.5) is 0 Å². The number of hydrogen-bond donors (Lipinski definition) is 0. The van der Waals surface area contributed by atoms with E-state index in [0.29, 0.717) is 29.2 Å². The van der Waals surface area contributed by atoms with Crippen molar-refractivity contribution in [3.05, 3.63) is 54.1 Å². The van der Waals surface area contributed by atoms with Crippen LogP contribution in [0.1, 0.15) is 43.5 Å². The molecule has 0 spiro atoms. The molecule has 1 aromatic heterocycles. The highest BCUT2D eigenvalue weighted by molar-refractivity contribution is 6.01. The van der Waals surface area contributed by atoms with E-state index in [4.69, 9.17) is 14.0 Å². The molecule has 0 saturated carbocycles. The van der Waals surface area contributed by atoms with E-state index in [0.717, 1.165) is 29.7 Å². The van der Waals surface area contributed by atoms with Gasteiger partial charge < -0.3 is 14.0 Å². The van der Waals surface area contributed by atoms with Gasteiger partial charge in [0.05, 0.1) is 19.1 Å². The van der Waals surface area contributed by atoms with Crippen molar-refractivity contribution >= 4 is 5.78 Å². The third kappa shape index (κ3) is 3.17. The molecule has 0 N–H and O–H groups in total. The van der Waals surface area contributed by atoms with Gasteiger partial charge in [-0.3, -0.25) is 4.79 Å². The van der Waals surface area contributed by atoms with E-state index in [1.165, 1.54) is 0 Å². The van der Waals surface area contributed by atoms with Crippen LogP contribution in [0.3, 0.4) is 0 Å². The second-order valence-corrected chi connectivity index (χ2v) is 7.11. The van der Waals surface area contributed by atoms with Gasteiger partial charge in [-0.15, -0.1) is 0 Å². The van der Waals surface area contributed by atoms with Crippen LogP contribution in [-0.2, 0) is 0 Å². The molecule has 0 atom stereocenters. The highest BCUT2D eigenvalue weighted by Crippen LogP contribution is 2.39. The van der Waals surface area contributed by atoms with Gasteiger partial charge in [0.25, 0.3) is 0 Å². The number of benzene rings is 2. The van der Waals surface area contributed by atoms with Crippen molar-refractivity contribution in [2.75, 3.05) is 7.11 Å². The Balaban J connectivity index is 1.66. The molecule has 0 fully saturated rings. The summed E-state index contributed by atoms with van der Waals surface area (Å²) in [5.74, 6) is 2.13. The maximum absolute atomic E-state index is 12.8. The smallest absolute Gasteiger partial charge is 0.170 e. The van der Waals surface area contributed by atoms with Crippen molar-refractivity contribution in [3.63, 3.8) is 0 Å². The number of ether oxygens (including phenoxy) is 2. The van der Waals surface area contributed by atoms with Crippen LogP contribution in [-0.4, -0.2) is 23.7 Å². The summed E-state index contributed by atoms with van der Waals surface area (Å²) >= 11 is 0. The van der Waals surface area contributed by atoms with Crippen LogP contribution in [0.2, 0.25) is 0 Å². The number of fused-ring (bicyclic) bond motifs is 1. The molecule has 5 nitrogen and oxygen atoms in total. The summed E-state index contributed by atoms with van der Waals surface area (Å²) < 4.78 is 17.0. The van der Waals surface area contributed by atoms with Crippen molar-refractivity contribution in [2.45, 2.75) is 38.7 Å². The van der Waals surface area contributed by atoms with Crippen LogP contribution >= 0.6 is 0 Å². The van der Waals surface area contributed by atoms with Crippen molar-refractivity contribution in [1.29, 1.82) is 0 Å². The molecule has 3 aromatic rings. The summed E-state index contributed by atoms with van der Waals surface area (Å²) in [6, 6.07) is 15.1. The molecule has 0 aliphatic carbocycles. The number of methoxy groups -OCH3 is 1. The number of carbonyl (C=O) groups excluding carboxylic acids is 1. The lowest BCUT2D eigenvalue weighted by molar-refractivity contribution is 0.0350. The van der Waals surface area contributed by atoms with Crippen LogP contribution in [0.5, 0.6) is 11.5 Å². The van der Waals surface area contributed by atoms with Crippen molar-refractivity contribution < 1.29 is 18.8 Å². The first-order chi connectivity index (χ1) is 13.6. The molecule has 0 amide bonds. The van der Waals surface area contributed by atoms with Gasteiger partial charge in [0.2, 0.25) is 0 Å². The third-order valence-corrected chi connectivity index (χ3v) is 5.54. The molecule has 4 rings (SSSR count). The van der Waals surface area contributed by atoms with Crippen molar-refractivity contribution in [2.24, 2.45) is 0 Å². The average molecular weight is 377 g/mol. The molecule has 0 bridgehead atoms. The molecule has 1 aliphatic heterocycles. The fourth-order valence-corrected chi connectivity index (χ4v) is 3.62. The number of carbonyl (C=O) groups is 1. The largest absolute Gasteiger partial charge is 0.497 e. The second kappa shape index (κ2) is 7.15. The topological polar surface area (TPSA) is 61.6 Å². The van der Waals surface area contributed by atoms with Crippen LogP contribution in [0.15, 0.2) is 53.1 Å². The molecule has 0 unspecified atom stereocenters. The number of aromatic nitrogens is 1. The Labute approximate surface area is 164 Å². The predicted molar refractivity (Wildman–Crippen MR) is 107 cm³/mol. The first-order valence-electron chi connectivity index (χ1n) is 9.55. The summed E-state index contributed by atoms with van der Waals surface area (Å²) in [6.45, 7) is 4.12. The van der Waals surface area contributed by atoms with Crippen LogP contribution in [0, 0.1) is 0 Å². The van der Waals surface area contributed by atoms with E-state index < -0.39 is 5.60 Å². The minimum Gasteiger partial charge on any atom is -0.497 e. The lowest BCUT2D eigenvalue weighted by atomic mass is 9.85. The normalized spacial score (nSPS) is 15.0. The van der Waals surface area contributed by atoms with Crippen molar-refractivity contribution in [1.82, 2.24) is 5.16 Å². The zero-order valence-corrected chi connectivity index (χ0v) is 16.3. The first kappa shape index (κ1) is 18.3.